The molecule has 2 aromatic rings. The molecule has 142 valence electrons. The van der Waals surface area contributed by atoms with Crippen LogP contribution in [0, 0.1) is 12.8 Å². The highest BCUT2D eigenvalue weighted by atomic mass is 16.7. The summed E-state index contributed by atoms with van der Waals surface area (Å²) in [7, 11) is 0. The molecular formula is C21H25N3O3. The van der Waals surface area contributed by atoms with Crippen LogP contribution in [0.1, 0.15) is 24.0 Å². The predicted octanol–water partition coefficient (Wildman–Crippen LogP) is 2.69. The number of nitrogens with one attached hydrogen (secondary N) is 1. The summed E-state index contributed by atoms with van der Waals surface area (Å²) in [4.78, 5) is 19.3. The van der Waals surface area contributed by atoms with Crippen molar-refractivity contribution in [3.05, 3.63) is 47.7 Å². The Labute approximate surface area is 159 Å². The molecule has 0 radical (unpaired) electrons. The second-order valence-electron chi connectivity index (χ2n) is 7.18. The minimum atomic E-state index is 0.125. The van der Waals surface area contributed by atoms with Crippen LogP contribution in [0.5, 0.6) is 11.5 Å². The number of rotatable bonds is 6. The summed E-state index contributed by atoms with van der Waals surface area (Å²) >= 11 is 0. The third kappa shape index (κ3) is 4.06. The van der Waals surface area contributed by atoms with Crippen molar-refractivity contribution in [1.82, 2.24) is 10.3 Å². The van der Waals surface area contributed by atoms with Gasteiger partial charge in [-0.1, -0.05) is 18.2 Å². The van der Waals surface area contributed by atoms with Gasteiger partial charge in [0.15, 0.2) is 11.5 Å². The van der Waals surface area contributed by atoms with Gasteiger partial charge in [0.25, 0.3) is 0 Å². The number of ether oxygens (including phenoxy) is 2. The van der Waals surface area contributed by atoms with E-state index in [1.165, 1.54) is 0 Å². The number of aryl methyl sites for hydroxylation is 1. The summed E-state index contributed by atoms with van der Waals surface area (Å²) in [5.74, 6) is 2.98. The number of fused-ring (bicyclic) bond motifs is 1. The van der Waals surface area contributed by atoms with E-state index in [2.05, 4.69) is 27.3 Å². The van der Waals surface area contributed by atoms with Crippen molar-refractivity contribution in [2.75, 3.05) is 31.3 Å². The van der Waals surface area contributed by atoms with Gasteiger partial charge in [-0.05, 0) is 37.5 Å². The van der Waals surface area contributed by atoms with E-state index < -0.39 is 0 Å². The summed E-state index contributed by atoms with van der Waals surface area (Å²) in [5, 5.41) is 3.27. The monoisotopic (exact) mass is 367 g/mol. The van der Waals surface area contributed by atoms with Crippen LogP contribution in [0.25, 0.3) is 0 Å². The van der Waals surface area contributed by atoms with E-state index in [1.807, 2.05) is 31.3 Å². The van der Waals surface area contributed by atoms with Crippen LogP contribution in [-0.2, 0) is 11.3 Å². The molecular weight excluding hydrogens is 342 g/mol. The standard InChI is InChI=1S/C21H25N3O3/c1-15-5-6-20(23-11-15)24-9-7-16(8-10-24)18(25)13-22-12-17-3-2-4-19-21(17)27-14-26-19/h2-6,11,16,22H,7-10,12-14H2,1H3. The van der Waals surface area contributed by atoms with Gasteiger partial charge in [-0.15, -0.1) is 0 Å². The van der Waals surface area contributed by atoms with Crippen LogP contribution in [0.3, 0.4) is 0 Å². The van der Waals surface area contributed by atoms with Crippen molar-refractivity contribution in [2.24, 2.45) is 5.92 Å². The maximum Gasteiger partial charge on any atom is 0.231 e. The average Bonchev–Trinajstić information content (AvgIpc) is 3.18. The number of carbonyl (C=O) groups is 1. The number of anilines is 1. The first kappa shape index (κ1) is 17.8. The van der Waals surface area contributed by atoms with Gasteiger partial charge in [-0.3, -0.25) is 4.79 Å². The molecule has 0 aliphatic carbocycles. The Balaban J connectivity index is 1.24. The Kier molecular flexibility index (Phi) is 5.25. The van der Waals surface area contributed by atoms with E-state index in [9.17, 15) is 4.79 Å². The van der Waals surface area contributed by atoms with E-state index in [0.29, 0.717) is 13.1 Å². The van der Waals surface area contributed by atoms with E-state index in [1.54, 1.807) is 0 Å². The summed E-state index contributed by atoms with van der Waals surface area (Å²) in [6.45, 7) is 5.05. The number of ketones is 1. The Hall–Kier alpha value is -2.60. The molecule has 4 rings (SSSR count). The third-order valence-electron chi connectivity index (χ3n) is 5.26. The zero-order valence-electron chi connectivity index (χ0n) is 15.6. The number of para-hydroxylation sites is 1. The second kappa shape index (κ2) is 7.96. The van der Waals surface area contributed by atoms with Crippen molar-refractivity contribution in [3.63, 3.8) is 0 Å². The SMILES string of the molecule is Cc1ccc(N2CCC(C(=O)CNCc3cccc4c3OCO4)CC2)nc1. The van der Waals surface area contributed by atoms with Gasteiger partial charge in [-0.2, -0.15) is 0 Å². The normalized spacial score (nSPS) is 16.6. The van der Waals surface area contributed by atoms with Crippen LogP contribution in [-0.4, -0.2) is 37.2 Å². The average molecular weight is 367 g/mol. The summed E-state index contributed by atoms with van der Waals surface area (Å²) in [5.41, 5.74) is 2.19. The van der Waals surface area contributed by atoms with E-state index in [-0.39, 0.29) is 18.5 Å². The van der Waals surface area contributed by atoms with Gasteiger partial charge in [-0.25, -0.2) is 4.98 Å². The molecule has 1 N–H and O–H groups in total. The lowest BCUT2D eigenvalue weighted by Crippen LogP contribution is -2.39. The van der Waals surface area contributed by atoms with Gasteiger partial charge in [0.1, 0.15) is 11.6 Å². The maximum atomic E-state index is 12.6. The number of aromatic nitrogens is 1. The molecule has 6 heteroatoms. The number of pyridine rings is 1. The highest BCUT2D eigenvalue weighted by molar-refractivity contribution is 5.83. The van der Waals surface area contributed by atoms with Crippen LogP contribution >= 0.6 is 0 Å². The molecule has 0 saturated carbocycles. The third-order valence-corrected chi connectivity index (χ3v) is 5.26. The zero-order chi connectivity index (χ0) is 18.6. The molecule has 2 aliphatic rings. The topological polar surface area (TPSA) is 63.7 Å². The zero-order valence-corrected chi connectivity index (χ0v) is 15.6. The van der Waals surface area contributed by atoms with Crippen molar-refractivity contribution >= 4 is 11.6 Å². The molecule has 1 saturated heterocycles. The molecule has 2 aliphatic heterocycles. The van der Waals surface area contributed by atoms with Gasteiger partial charge >= 0.3 is 0 Å². The number of hydrogen-bond donors (Lipinski definition) is 1. The lowest BCUT2D eigenvalue weighted by molar-refractivity contribution is -0.122. The Morgan fingerprint density at radius 1 is 1.22 bits per heavy atom. The van der Waals surface area contributed by atoms with Gasteiger partial charge in [0.05, 0.1) is 6.54 Å². The van der Waals surface area contributed by atoms with Crippen LogP contribution in [0.4, 0.5) is 5.82 Å². The summed E-state index contributed by atoms with van der Waals surface area (Å²) in [6.07, 6.45) is 3.66. The molecule has 3 heterocycles. The Bertz CT molecular complexity index is 799. The minimum absolute atomic E-state index is 0.125. The number of piperidine rings is 1. The highest BCUT2D eigenvalue weighted by Crippen LogP contribution is 2.35. The first-order chi connectivity index (χ1) is 13.2. The number of hydrogen-bond acceptors (Lipinski definition) is 6. The molecule has 0 amide bonds. The molecule has 0 unspecified atom stereocenters. The molecule has 1 fully saturated rings. The fourth-order valence-electron chi connectivity index (χ4n) is 3.67. The minimum Gasteiger partial charge on any atom is -0.454 e. The van der Waals surface area contributed by atoms with Gasteiger partial charge < -0.3 is 19.7 Å². The molecule has 0 spiro atoms. The molecule has 27 heavy (non-hydrogen) atoms. The highest BCUT2D eigenvalue weighted by Gasteiger charge is 2.25. The van der Waals surface area contributed by atoms with Crippen LogP contribution < -0.4 is 19.7 Å². The fraction of sp³-hybridized carbons (Fsp3) is 0.429. The maximum absolute atomic E-state index is 12.6. The lowest BCUT2D eigenvalue weighted by atomic mass is 9.92. The number of carbonyl (C=O) groups excluding carboxylic acids is 1. The van der Waals surface area contributed by atoms with Gasteiger partial charge in [0.2, 0.25) is 6.79 Å². The first-order valence-electron chi connectivity index (χ1n) is 9.49. The molecule has 6 nitrogen and oxygen atoms in total. The molecule has 1 aromatic heterocycles. The quantitative estimate of drug-likeness (QED) is 0.847. The van der Waals surface area contributed by atoms with E-state index >= 15 is 0 Å². The fourth-order valence-corrected chi connectivity index (χ4v) is 3.67. The van der Waals surface area contributed by atoms with Crippen molar-refractivity contribution in [1.29, 1.82) is 0 Å². The van der Waals surface area contributed by atoms with Crippen LogP contribution in [0.2, 0.25) is 0 Å². The van der Waals surface area contributed by atoms with E-state index in [0.717, 1.165) is 54.4 Å². The van der Waals surface area contributed by atoms with Crippen LogP contribution in [0.15, 0.2) is 36.5 Å². The number of benzene rings is 1. The summed E-state index contributed by atoms with van der Waals surface area (Å²) < 4.78 is 10.9. The molecule has 0 atom stereocenters. The smallest absolute Gasteiger partial charge is 0.231 e. The Morgan fingerprint density at radius 3 is 2.85 bits per heavy atom. The first-order valence-corrected chi connectivity index (χ1v) is 9.49. The summed E-state index contributed by atoms with van der Waals surface area (Å²) in [6, 6.07) is 9.98. The molecule has 0 bridgehead atoms. The van der Waals surface area contributed by atoms with Crippen molar-refractivity contribution < 1.29 is 14.3 Å². The molecule has 1 aromatic carbocycles. The lowest BCUT2D eigenvalue weighted by Gasteiger charge is -2.32. The van der Waals surface area contributed by atoms with Gasteiger partial charge in [0, 0.05) is 37.3 Å². The van der Waals surface area contributed by atoms with E-state index in [4.69, 9.17) is 9.47 Å². The number of Topliss-reactive ketones (excluding diaryl/α,β-unsaturated/α-hetero) is 1. The predicted molar refractivity (Wildman–Crippen MR) is 103 cm³/mol. The van der Waals surface area contributed by atoms with Crippen molar-refractivity contribution in [2.45, 2.75) is 26.3 Å². The Morgan fingerprint density at radius 2 is 2.07 bits per heavy atom. The number of nitrogens with zero attached hydrogens (tertiary/aromatic N) is 2. The largest absolute Gasteiger partial charge is 0.454 e. The van der Waals surface area contributed by atoms with Crippen molar-refractivity contribution in [3.8, 4) is 11.5 Å². The second-order valence-corrected chi connectivity index (χ2v) is 7.18.